The molecule has 0 radical (unpaired) electrons. The van der Waals surface area contributed by atoms with E-state index in [9.17, 15) is 0 Å². The van der Waals surface area contributed by atoms with E-state index in [2.05, 4.69) is 31.4 Å². The maximum atomic E-state index is 5.28. The molecule has 1 aliphatic rings. The minimum absolute atomic E-state index is 0.498. The van der Waals surface area contributed by atoms with Crippen molar-refractivity contribution in [2.24, 2.45) is 0 Å². The number of hydrogen-bond acceptors (Lipinski definition) is 5. The molecule has 1 saturated heterocycles. The molecule has 0 bridgehead atoms. The highest BCUT2D eigenvalue weighted by molar-refractivity contribution is 9.10. The highest BCUT2D eigenvalue weighted by atomic mass is 79.9. The van der Waals surface area contributed by atoms with Gasteiger partial charge in [-0.25, -0.2) is 0 Å². The lowest BCUT2D eigenvalue weighted by atomic mass is 10.1. The van der Waals surface area contributed by atoms with Gasteiger partial charge >= 0.3 is 0 Å². The molecule has 1 atom stereocenters. The first kappa shape index (κ1) is 11.4. The average Bonchev–Trinajstić information content (AvgIpc) is 2.99. The van der Waals surface area contributed by atoms with Crippen LogP contribution in [0.4, 0.5) is 0 Å². The summed E-state index contributed by atoms with van der Waals surface area (Å²) in [4.78, 5) is 5.46. The van der Waals surface area contributed by atoms with Crippen LogP contribution in [-0.4, -0.2) is 22.7 Å². The fourth-order valence-corrected chi connectivity index (χ4v) is 3.36. The van der Waals surface area contributed by atoms with Crippen LogP contribution in [-0.2, 0) is 6.42 Å². The Hall–Kier alpha value is -0.720. The number of rotatable bonds is 3. The topological polar surface area (TPSA) is 51.0 Å². The van der Waals surface area contributed by atoms with Gasteiger partial charge in [-0.2, -0.15) is 4.98 Å². The zero-order valence-corrected chi connectivity index (χ0v) is 11.6. The molecule has 3 rings (SSSR count). The number of nitrogens with zero attached hydrogens (tertiary/aromatic N) is 2. The molecule has 2 aromatic rings. The SMILES string of the molecule is Brc1csc(-c2noc(CC3CCCN3)n2)c1. The van der Waals surface area contributed by atoms with Crippen molar-refractivity contribution in [2.45, 2.75) is 25.3 Å². The van der Waals surface area contributed by atoms with Crippen LogP contribution in [0.1, 0.15) is 18.7 Å². The number of halogens is 1. The first-order valence-corrected chi connectivity index (χ1v) is 7.29. The van der Waals surface area contributed by atoms with Crippen LogP contribution in [0.5, 0.6) is 0 Å². The van der Waals surface area contributed by atoms with Gasteiger partial charge in [-0.05, 0) is 41.4 Å². The molecular weight excluding hydrogens is 302 g/mol. The molecule has 3 heterocycles. The molecule has 0 saturated carbocycles. The van der Waals surface area contributed by atoms with Gasteiger partial charge in [-0.3, -0.25) is 0 Å². The summed E-state index contributed by atoms with van der Waals surface area (Å²) in [5.41, 5.74) is 0. The normalized spacial score (nSPS) is 19.9. The van der Waals surface area contributed by atoms with Gasteiger partial charge in [0, 0.05) is 22.3 Å². The van der Waals surface area contributed by atoms with E-state index in [0.717, 1.165) is 28.2 Å². The Balaban J connectivity index is 1.73. The number of aromatic nitrogens is 2. The Kier molecular flexibility index (Phi) is 3.26. The number of hydrogen-bond donors (Lipinski definition) is 1. The summed E-state index contributed by atoms with van der Waals surface area (Å²) in [6, 6.07) is 2.51. The quantitative estimate of drug-likeness (QED) is 0.946. The maximum Gasteiger partial charge on any atom is 0.228 e. The Labute approximate surface area is 112 Å². The van der Waals surface area contributed by atoms with Crippen molar-refractivity contribution in [3.05, 3.63) is 21.8 Å². The van der Waals surface area contributed by atoms with Crippen molar-refractivity contribution in [3.8, 4) is 10.7 Å². The monoisotopic (exact) mass is 313 g/mol. The second kappa shape index (κ2) is 4.88. The van der Waals surface area contributed by atoms with E-state index in [1.54, 1.807) is 11.3 Å². The van der Waals surface area contributed by atoms with E-state index in [1.165, 1.54) is 12.8 Å². The van der Waals surface area contributed by atoms with Gasteiger partial charge in [0.05, 0.1) is 4.88 Å². The molecule has 1 aliphatic heterocycles. The van der Waals surface area contributed by atoms with Crippen molar-refractivity contribution in [2.75, 3.05) is 6.54 Å². The van der Waals surface area contributed by atoms with Crippen LogP contribution in [0.3, 0.4) is 0 Å². The first-order valence-electron chi connectivity index (χ1n) is 5.61. The van der Waals surface area contributed by atoms with Gasteiger partial charge in [-0.1, -0.05) is 5.16 Å². The molecule has 0 amide bonds. The minimum atomic E-state index is 0.498. The maximum absolute atomic E-state index is 5.28. The van der Waals surface area contributed by atoms with Crippen LogP contribution in [0, 0.1) is 0 Å². The summed E-state index contributed by atoms with van der Waals surface area (Å²) in [5, 5.41) is 9.46. The molecule has 90 valence electrons. The third kappa shape index (κ3) is 2.59. The lowest BCUT2D eigenvalue weighted by molar-refractivity contribution is 0.364. The Morgan fingerprint density at radius 3 is 3.24 bits per heavy atom. The van der Waals surface area contributed by atoms with Gasteiger partial charge in [-0.15, -0.1) is 11.3 Å². The molecule has 1 unspecified atom stereocenters. The predicted molar refractivity (Wildman–Crippen MR) is 70.0 cm³/mol. The van der Waals surface area contributed by atoms with Crippen LogP contribution in [0.2, 0.25) is 0 Å². The van der Waals surface area contributed by atoms with E-state index in [4.69, 9.17) is 4.52 Å². The van der Waals surface area contributed by atoms with E-state index in [0.29, 0.717) is 11.9 Å². The second-order valence-corrected chi connectivity index (χ2v) is 5.97. The fraction of sp³-hybridized carbons (Fsp3) is 0.455. The largest absolute Gasteiger partial charge is 0.339 e. The number of nitrogens with one attached hydrogen (secondary N) is 1. The zero-order valence-electron chi connectivity index (χ0n) is 9.15. The average molecular weight is 314 g/mol. The zero-order chi connectivity index (χ0) is 11.7. The second-order valence-electron chi connectivity index (χ2n) is 4.14. The van der Waals surface area contributed by atoms with E-state index in [1.807, 2.05) is 11.4 Å². The van der Waals surface area contributed by atoms with Crippen LogP contribution in [0.15, 0.2) is 20.4 Å². The summed E-state index contributed by atoms with van der Waals surface area (Å²) in [6.07, 6.45) is 3.27. The molecule has 2 aromatic heterocycles. The lowest BCUT2D eigenvalue weighted by Gasteiger charge is -2.04. The van der Waals surface area contributed by atoms with Crippen molar-refractivity contribution < 1.29 is 4.52 Å². The molecule has 17 heavy (non-hydrogen) atoms. The summed E-state index contributed by atoms with van der Waals surface area (Å²) >= 11 is 5.03. The molecule has 1 N–H and O–H groups in total. The van der Waals surface area contributed by atoms with E-state index >= 15 is 0 Å². The van der Waals surface area contributed by atoms with Crippen molar-refractivity contribution in [1.29, 1.82) is 0 Å². The molecule has 1 fully saturated rings. The van der Waals surface area contributed by atoms with Crippen LogP contribution in [0.25, 0.3) is 10.7 Å². The smallest absolute Gasteiger partial charge is 0.228 e. The summed E-state index contributed by atoms with van der Waals surface area (Å²) in [6.45, 7) is 1.10. The van der Waals surface area contributed by atoms with Crippen LogP contribution < -0.4 is 5.32 Å². The lowest BCUT2D eigenvalue weighted by Crippen LogP contribution is -2.23. The Bertz CT molecular complexity index is 504. The minimum Gasteiger partial charge on any atom is -0.339 e. The molecule has 6 heteroatoms. The van der Waals surface area contributed by atoms with Gasteiger partial charge < -0.3 is 9.84 Å². The molecule has 4 nitrogen and oxygen atoms in total. The summed E-state index contributed by atoms with van der Waals surface area (Å²) < 4.78 is 6.34. The molecule has 0 aromatic carbocycles. The first-order chi connectivity index (χ1) is 8.31. The third-order valence-electron chi connectivity index (χ3n) is 2.84. The van der Waals surface area contributed by atoms with Gasteiger partial charge in [0.15, 0.2) is 0 Å². The number of thiophene rings is 1. The van der Waals surface area contributed by atoms with E-state index in [-0.39, 0.29) is 0 Å². The predicted octanol–water partition coefficient (Wildman–Crippen LogP) is 2.86. The molecule has 0 spiro atoms. The highest BCUT2D eigenvalue weighted by Crippen LogP contribution is 2.27. The van der Waals surface area contributed by atoms with Gasteiger partial charge in [0.1, 0.15) is 0 Å². The van der Waals surface area contributed by atoms with Gasteiger partial charge in [0.25, 0.3) is 0 Å². The van der Waals surface area contributed by atoms with Crippen molar-refractivity contribution >= 4 is 27.3 Å². The Morgan fingerprint density at radius 2 is 2.53 bits per heavy atom. The molecular formula is C11H12BrN3OS. The van der Waals surface area contributed by atoms with E-state index < -0.39 is 0 Å². The fourth-order valence-electron chi connectivity index (χ4n) is 2.01. The standard InChI is InChI=1S/C11H12BrN3OS/c12-7-4-9(17-6-7)11-14-10(16-15-11)5-8-2-1-3-13-8/h4,6,8,13H,1-3,5H2. The Morgan fingerprint density at radius 1 is 1.59 bits per heavy atom. The summed E-state index contributed by atoms with van der Waals surface area (Å²) in [7, 11) is 0. The summed E-state index contributed by atoms with van der Waals surface area (Å²) in [5.74, 6) is 1.41. The third-order valence-corrected chi connectivity index (χ3v) is 4.53. The van der Waals surface area contributed by atoms with Gasteiger partial charge in [0.2, 0.25) is 11.7 Å². The molecule has 0 aliphatic carbocycles. The van der Waals surface area contributed by atoms with Crippen molar-refractivity contribution in [1.82, 2.24) is 15.5 Å². The highest BCUT2D eigenvalue weighted by Gasteiger charge is 2.18. The van der Waals surface area contributed by atoms with Crippen molar-refractivity contribution in [3.63, 3.8) is 0 Å². The van der Waals surface area contributed by atoms with Crippen LogP contribution >= 0.6 is 27.3 Å².